The molecular weight excluding hydrogens is 230 g/mol. The Hall–Kier alpha value is -0.480. The second-order valence-electron chi connectivity index (χ2n) is 4.58. The van der Waals surface area contributed by atoms with Gasteiger partial charge in [0.1, 0.15) is 0 Å². The maximum atomic E-state index is 3.97. The molecule has 0 aliphatic heterocycles. The zero-order valence-electron chi connectivity index (χ0n) is 11.3. The van der Waals surface area contributed by atoms with Crippen molar-refractivity contribution in [2.75, 3.05) is 6.54 Å². The van der Waals surface area contributed by atoms with Crippen LogP contribution in [0.3, 0.4) is 0 Å². The Morgan fingerprint density at radius 1 is 1.35 bits per heavy atom. The highest BCUT2D eigenvalue weighted by Gasteiger charge is 2.17. The van der Waals surface area contributed by atoms with Crippen molar-refractivity contribution in [2.24, 2.45) is 5.92 Å². The minimum absolute atomic E-state index is 0.446. The molecule has 2 unspecified atom stereocenters. The molecule has 0 saturated heterocycles. The lowest BCUT2D eigenvalue weighted by Gasteiger charge is -2.22. The Balaban J connectivity index is 2.52. The SMILES string of the molecule is CCCCC(CC)CC(NCC)c1cnns1. The third kappa shape index (κ3) is 5.13. The Bertz CT molecular complexity index is 274. The van der Waals surface area contributed by atoms with Gasteiger partial charge in [0, 0.05) is 6.04 Å². The van der Waals surface area contributed by atoms with E-state index < -0.39 is 0 Å². The molecule has 2 atom stereocenters. The van der Waals surface area contributed by atoms with Crippen molar-refractivity contribution >= 4 is 11.5 Å². The predicted molar refractivity (Wildman–Crippen MR) is 74.2 cm³/mol. The summed E-state index contributed by atoms with van der Waals surface area (Å²) in [6.07, 6.45) is 8.39. The van der Waals surface area contributed by atoms with E-state index in [9.17, 15) is 0 Å². The normalized spacial score (nSPS) is 14.8. The maximum absolute atomic E-state index is 3.97. The molecule has 0 radical (unpaired) electrons. The molecule has 3 nitrogen and oxygen atoms in total. The zero-order chi connectivity index (χ0) is 12.5. The Morgan fingerprint density at radius 2 is 2.18 bits per heavy atom. The highest BCUT2D eigenvalue weighted by Crippen LogP contribution is 2.27. The lowest BCUT2D eigenvalue weighted by Crippen LogP contribution is -2.22. The number of nitrogens with zero attached hydrogens (tertiary/aromatic N) is 2. The molecule has 1 aromatic heterocycles. The first kappa shape index (κ1) is 14.6. The smallest absolute Gasteiger partial charge is 0.0669 e. The number of rotatable bonds is 9. The fraction of sp³-hybridized carbons (Fsp3) is 0.846. The molecule has 0 aliphatic rings. The summed E-state index contributed by atoms with van der Waals surface area (Å²) in [7, 11) is 0. The van der Waals surface area contributed by atoms with Gasteiger partial charge in [0.15, 0.2) is 0 Å². The van der Waals surface area contributed by atoms with E-state index >= 15 is 0 Å². The summed E-state index contributed by atoms with van der Waals surface area (Å²) in [5.41, 5.74) is 0. The van der Waals surface area contributed by atoms with Crippen LogP contribution < -0.4 is 5.32 Å². The lowest BCUT2D eigenvalue weighted by molar-refractivity contribution is 0.359. The van der Waals surface area contributed by atoms with Gasteiger partial charge in [-0.05, 0) is 30.4 Å². The summed E-state index contributed by atoms with van der Waals surface area (Å²) in [6, 6.07) is 0.446. The second kappa shape index (κ2) is 8.59. The number of hydrogen-bond acceptors (Lipinski definition) is 4. The zero-order valence-corrected chi connectivity index (χ0v) is 12.1. The van der Waals surface area contributed by atoms with Crippen molar-refractivity contribution in [1.82, 2.24) is 14.9 Å². The van der Waals surface area contributed by atoms with Crippen LogP contribution in [-0.2, 0) is 0 Å². The van der Waals surface area contributed by atoms with Crippen molar-refractivity contribution in [1.29, 1.82) is 0 Å². The van der Waals surface area contributed by atoms with Crippen LogP contribution in [-0.4, -0.2) is 16.1 Å². The molecule has 0 aromatic carbocycles. The first-order valence-electron chi connectivity index (χ1n) is 6.82. The summed E-state index contributed by atoms with van der Waals surface area (Å²) < 4.78 is 3.97. The summed E-state index contributed by atoms with van der Waals surface area (Å²) in [4.78, 5) is 1.28. The highest BCUT2D eigenvalue weighted by molar-refractivity contribution is 7.05. The van der Waals surface area contributed by atoms with Crippen molar-refractivity contribution in [2.45, 2.75) is 58.9 Å². The van der Waals surface area contributed by atoms with Crippen molar-refractivity contribution in [3.63, 3.8) is 0 Å². The average molecular weight is 255 g/mol. The van der Waals surface area contributed by atoms with Crippen LogP contribution >= 0.6 is 11.5 Å². The van der Waals surface area contributed by atoms with Gasteiger partial charge < -0.3 is 5.32 Å². The van der Waals surface area contributed by atoms with Gasteiger partial charge in [0.2, 0.25) is 0 Å². The summed E-state index contributed by atoms with van der Waals surface area (Å²) in [5.74, 6) is 0.820. The summed E-state index contributed by atoms with van der Waals surface area (Å²) in [5, 5.41) is 7.51. The van der Waals surface area contributed by atoms with Crippen LogP contribution in [0.4, 0.5) is 0 Å². The number of unbranched alkanes of at least 4 members (excludes halogenated alkanes) is 1. The second-order valence-corrected chi connectivity index (χ2v) is 5.40. The molecule has 1 heterocycles. The molecule has 0 spiro atoms. The Kier molecular flexibility index (Phi) is 7.37. The molecule has 0 saturated carbocycles. The molecular formula is C13H25N3S. The molecule has 4 heteroatoms. The van der Waals surface area contributed by atoms with Crippen molar-refractivity contribution in [3.05, 3.63) is 11.1 Å². The van der Waals surface area contributed by atoms with Gasteiger partial charge >= 0.3 is 0 Å². The largest absolute Gasteiger partial charge is 0.309 e. The molecule has 1 N–H and O–H groups in total. The molecule has 1 aromatic rings. The van der Waals surface area contributed by atoms with Gasteiger partial charge in [-0.25, -0.2) is 0 Å². The van der Waals surface area contributed by atoms with E-state index in [-0.39, 0.29) is 0 Å². The fourth-order valence-electron chi connectivity index (χ4n) is 2.19. The molecule has 0 amide bonds. The minimum atomic E-state index is 0.446. The van der Waals surface area contributed by atoms with E-state index in [1.54, 1.807) is 0 Å². The molecule has 0 aliphatic carbocycles. The molecule has 17 heavy (non-hydrogen) atoms. The standard InChI is InChI=1S/C13H25N3S/c1-4-7-8-11(5-2)9-12(14-6-3)13-10-15-16-17-13/h10-12,14H,4-9H2,1-3H3. The predicted octanol–water partition coefficient (Wildman–Crippen LogP) is 3.80. The number of nitrogens with one attached hydrogen (secondary N) is 1. The maximum Gasteiger partial charge on any atom is 0.0669 e. The monoisotopic (exact) mass is 255 g/mol. The van der Waals surface area contributed by atoms with Crippen LogP contribution in [0.25, 0.3) is 0 Å². The number of aromatic nitrogens is 2. The highest BCUT2D eigenvalue weighted by atomic mass is 32.1. The van der Waals surface area contributed by atoms with E-state index in [4.69, 9.17) is 0 Å². The molecule has 98 valence electrons. The van der Waals surface area contributed by atoms with E-state index in [0.29, 0.717) is 6.04 Å². The van der Waals surface area contributed by atoms with E-state index in [0.717, 1.165) is 12.5 Å². The van der Waals surface area contributed by atoms with Crippen LogP contribution in [0.1, 0.15) is 63.8 Å². The van der Waals surface area contributed by atoms with Crippen LogP contribution in [0.15, 0.2) is 6.20 Å². The Morgan fingerprint density at radius 3 is 2.71 bits per heavy atom. The molecule has 0 fully saturated rings. The third-order valence-corrected chi connectivity index (χ3v) is 4.06. The van der Waals surface area contributed by atoms with E-state index in [2.05, 4.69) is 35.7 Å². The summed E-state index contributed by atoms with van der Waals surface area (Å²) >= 11 is 1.52. The van der Waals surface area contributed by atoms with Gasteiger partial charge in [0.25, 0.3) is 0 Å². The Labute approximate surface area is 109 Å². The van der Waals surface area contributed by atoms with Crippen LogP contribution in [0.2, 0.25) is 0 Å². The molecule has 0 bridgehead atoms. The van der Waals surface area contributed by atoms with Crippen LogP contribution in [0, 0.1) is 5.92 Å². The summed E-state index contributed by atoms with van der Waals surface area (Å²) in [6.45, 7) is 7.73. The topological polar surface area (TPSA) is 37.8 Å². The van der Waals surface area contributed by atoms with Crippen LogP contribution in [0.5, 0.6) is 0 Å². The van der Waals surface area contributed by atoms with Gasteiger partial charge in [-0.2, -0.15) is 0 Å². The van der Waals surface area contributed by atoms with Gasteiger partial charge in [-0.3, -0.25) is 0 Å². The van der Waals surface area contributed by atoms with Crippen molar-refractivity contribution < 1.29 is 0 Å². The lowest BCUT2D eigenvalue weighted by atomic mass is 9.91. The first-order chi connectivity index (χ1) is 8.31. The average Bonchev–Trinajstić information content (AvgIpc) is 2.87. The van der Waals surface area contributed by atoms with E-state index in [1.807, 2.05) is 6.20 Å². The van der Waals surface area contributed by atoms with Gasteiger partial charge in [-0.15, -0.1) is 5.10 Å². The number of hydrogen-bond donors (Lipinski definition) is 1. The van der Waals surface area contributed by atoms with E-state index in [1.165, 1.54) is 48.5 Å². The fourth-order valence-corrected chi connectivity index (χ4v) is 2.78. The minimum Gasteiger partial charge on any atom is -0.309 e. The first-order valence-corrected chi connectivity index (χ1v) is 7.59. The van der Waals surface area contributed by atoms with Gasteiger partial charge in [0.05, 0.1) is 11.1 Å². The van der Waals surface area contributed by atoms with Crippen molar-refractivity contribution in [3.8, 4) is 0 Å². The molecule has 1 rings (SSSR count). The third-order valence-electron chi connectivity index (χ3n) is 3.28. The van der Waals surface area contributed by atoms with Gasteiger partial charge in [-0.1, -0.05) is 50.9 Å². The quantitative estimate of drug-likeness (QED) is 0.729.